The number of fused-ring (bicyclic) bond motifs is 1. The van der Waals surface area contributed by atoms with E-state index in [1.165, 1.54) is 9.80 Å². The zero-order chi connectivity index (χ0) is 9.38. The highest BCUT2D eigenvalue weighted by Crippen LogP contribution is 2.48. The van der Waals surface area contributed by atoms with Crippen LogP contribution < -0.4 is 0 Å². The molecule has 2 aliphatic rings. The second kappa shape index (κ2) is 3.52. The zero-order valence-electron chi connectivity index (χ0n) is 7.59. The van der Waals surface area contributed by atoms with E-state index >= 15 is 0 Å². The van der Waals surface area contributed by atoms with Gasteiger partial charge < -0.3 is 0 Å². The van der Waals surface area contributed by atoms with Crippen LogP contribution in [0, 0.1) is 0 Å². The first kappa shape index (κ1) is 8.69. The summed E-state index contributed by atoms with van der Waals surface area (Å²) in [6.07, 6.45) is 6.95. The molecule has 0 bridgehead atoms. The summed E-state index contributed by atoms with van der Waals surface area (Å²) in [5.74, 6) is 0. The summed E-state index contributed by atoms with van der Waals surface area (Å²) in [6, 6.07) is 10.5. The number of rotatable bonds is 2. The van der Waals surface area contributed by atoms with Crippen LogP contribution in [-0.4, -0.2) is 10.5 Å². The Morgan fingerprint density at radius 3 is 2.71 bits per heavy atom. The van der Waals surface area contributed by atoms with Gasteiger partial charge in [-0.05, 0) is 12.1 Å². The van der Waals surface area contributed by atoms with Crippen molar-refractivity contribution in [3.05, 3.63) is 53.5 Å². The molecule has 2 heteroatoms. The van der Waals surface area contributed by atoms with Crippen LogP contribution in [-0.2, 0) is 0 Å². The average Bonchev–Trinajstić information content (AvgIpc) is 2.97. The minimum Gasteiger partial charge on any atom is -0.144 e. The normalized spacial score (nSPS) is 28.1. The molecule has 1 aromatic rings. The van der Waals surface area contributed by atoms with E-state index in [9.17, 15) is 0 Å². The molecule has 1 aliphatic carbocycles. The van der Waals surface area contributed by atoms with Gasteiger partial charge in [-0.25, -0.2) is 0 Å². The van der Waals surface area contributed by atoms with E-state index in [-0.39, 0.29) is 0 Å². The number of thioether (sulfide) groups is 2. The molecule has 2 unspecified atom stereocenters. The van der Waals surface area contributed by atoms with Crippen molar-refractivity contribution in [1.82, 2.24) is 0 Å². The van der Waals surface area contributed by atoms with Crippen molar-refractivity contribution in [2.45, 2.75) is 15.4 Å². The van der Waals surface area contributed by atoms with Crippen LogP contribution >= 0.6 is 23.5 Å². The Labute approximate surface area is 92.5 Å². The lowest BCUT2D eigenvalue weighted by Gasteiger charge is -2.04. The lowest BCUT2D eigenvalue weighted by molar-refractivity contribution is 1.20. The zero-order valence-corrected chi connectivity index (χ0v) is 9.22. The van der Waals surface area contributed by atoms with Gasteiger partial charge in [0.2, 0.25) is 0 Å². The third-order valence-corrected chi connectivity index (χ3v) is 4.53. The van der Waals surface area contributed by atoms with Crippen LogP contribution in [0.3, 0.4) is 0 Å². The third kappa shape index (κ3) is 1.77. The summed E-state index contributed by atoms with van der Waals surface area (Å²) in [6.45, 7) is 0. The second-order valence-corrected chi connectivity index (χ2v) is 5.92. The van der Waals surface area contributed by atoms with Gasteiger partial charge in [0.1, 0.15) is 0 Å². The van der Waals surface area contributed by atoms with Crippen LogP contribution in [0.15, 0.2) is 58.4 Å². The topological polar surface area (TPSA) is 0 Å². The maximum Gasteiger partial charge on any atom is 0.0401 e. The molecule has 1 saturated heterocycles. The standard InChI is InChI=1S/C12H10S2/c1-2-4-9(5-3-1)13-10-6-7-11-12(8-10)14-11/h1-8,11-12H. The maximum atomic E-state index is 2.38. The molecule has 0 spiro atoms. The van der Waals surface area contributed by atoms with Gasteiger partial charge in [0, 0.05) is 20.3 Å². The number of benzene rings is 1. The predicted molar refractivity (Wildman–Crippen MR) is 64.7 cm³/mol. The second-order valence-electron chi connectivity index (χ2n) is 3.41. The van der Waals surface area contributed by atoms with E-state index in [1.54, 1.807) is 0 Å². The minimum absolute atomic E-state index is 0.770. The Hall–Kier alpha value is -0.600. The van der Waals surface area contributed by atoms with Crippen LogP contribution in [0.5, 0.6) is 0 Å². The van der Waals surface area contributed by atoms with E-state index < -0.39 is 0 Å². The monoisotopic (exact) mass is 218 g/mol. The lowest BCUT2D eigenvalue weighted by atomic mass is 10.2. The first-order chi connectivity index (χ1) is 6.92. The number of hydrogen-bond acceptors (Lipinski definition) is 2. The van der Waals surface area contributed by atoms with Crippen molar-refractivity contribution >= 4 is 23.5 Å². The Morgan fingerprint density at radius 2 is 1.93 bits per heavy atom. The molecule has 1 aromatic carbocycles. The van der Waals surface area contributed by atoms with E-state index in [0.717, 1.165) is 10.5 Å². The Kier molecular flexibility index (Phi) is 2.18. The summed E-state index contributed by atoms with van der Waals surface area (Å²) in [7, 11) is 0. The molecule has 1 fully saturated rings. The van der Waals surface area contributed by atoms with E-state index in [2.05, 4.69) is 48.6 Å². The third-order valence-electron chi connectivity index (χ3n) is 2.32. The SMILES string of the molecule is C1=CC2SC2C=C1Sc1ccccc1. The first-order valence-corrected chi connectivity index (χ1v) is 6.46. The molecule has 0 amide bonds. The molecule has 0 aromatic heterocycles. The molecule has 1 aliphatic heterocycles. The molecule has 14 heavy (non-hydrogen) atoms. The van der Waals surface area contributed by atoms with Crippen molar-refractivity contribution < 1.29 is 0 Å². The van der Waals surface area contributed by atoms with Crippen molar-refractivity contribution in [3.63, 3.8) is 0 Å². The van der Waals surface area contributed by atoms with Crippen LogP contribution in [0.1, 0.15) is 0 Å². The summed E-state index contributed by atoms with van der Waals surface area (Å²) < 4.78 is 0. The molecule has 0 N–H and O–H groups in total. The summed E-state index contributed by atoms with van der Waals surface area (Å²) >= 11 is 3.89. The predicted octanol–water partition coefficient (Wildman–Crippen LogP) is 3.72. The Balaban J connectivity index is 1.76. The van der Waals surface area contributed by atoms with Crippen LogP contribution in [0.25, 0.3) is 0 Å². The molecule has 2 atom stereocenters. The highest BCUT2D eigenvalue weighted by Gasteiger charge is 2.36. The maximum absolute atomic E-state index is 2.38. The molecular weight excluding hydrogens is 208 g/mol. The Bertz CT molecular complexity index is 392. The molecule has 1 heterocycles. The van der Waals surface area contributed by atoms with Gasteiger partial charge in [0.05, 0.1) is 0 Å². The fraction of sp³-hybridized carbons (Fsp3) is 0.167. The van der Waals surface area contributed by atoms with Crippen LogP contribution in [0.2, 0.25) is 0 Å². The molecule has 0 radical (unpaired) electrons. The molecule has 3 rings (SSSR count). The van der Waals surface area contributed by atoms with E-state index in [4.69, 9.17) is 0 Å². The van der Waals surface area contributed by atoms with E-state index in [1.807, 2.05) is 23.5 Å². The van der Waals surface area contributed by atoms with Crippen molar-refractivity contribution in [2.75, 3.05) is 0 Å². The highest BCUT2D eigenvalue weighted by atomic mass is 32.2. The largest absolute Gasteiger partial charge is 0.144 e. The number of hydrogen-bond donors (Lipinski definition) is 0. The quantitative estimate of drug-likeness (QED) is 0.694. The molecule has 0 saturated carbocycles. The summed E-state index contributed by atoms with van der Waals surface area (Å²) in [4.78, 5) is 2.72. The highest BCUT2D eigenvalue weighted by molar-refractivity contribution is 8.08. The molecular formula is C12H10S2. The molecule has 0 nitrogen and oxygen atoms in total. The van der Waals surface area contributed by atoms with E-state index in [0.29, 0.717) is 0 Å². The van der Waals surface area contributed by atoms with Gasteiger partial charge in [0.15, 0.2) is 0 Å². The number of allylic oxidation sites excluding steroid dienone is 1. The van der Waals surface area contributed by atoms with Gasteiger partial charge in [0.25, 0.3) is 0 Å². The van der Waals surface area contributed by atoms with Gasteiger partial charge in [-0.1, -0.05) is 48.2 Å². The van der Waals surface area contributed by atoms with Gasteiger partial charge in [-0.15, -0.1) is 11.8 Å². The van der Waals surface area contributed by atoms with Crippen molar-refractivity contribution in [2.24, 2.45) is 0 Å². The lowest BCUT2D eigenvalue weighted by Crippen LogP contribution is -1.91. The van der Waals surface area contributed by atoms with Crippen LogP contribution in [0.4, 0.5) is 0 Å². The summed E-state index contributed by atoms with van der Waals surface area (Å²) in [5, 5.41) is 1.56. The minimum atomic E-state index is 0.770. The molecule has 70 valence electrons. The average molecular weight is 218 g/mol. The van der Waals surface area contributed by atoms with Gasteiger partial charge in [-0.3, -0.25) is 0 Å². The fourth-order valence-corrected chi connectivity index (χ4v) is 3.37. The van der Waals surface area contributed by atoms with Gasteiger partial charge >= 0.3 is 0 Å². The Morgan fingerprint density at radius 1 is 1.07 bits per heavy atom. The van der Waals surface area contributed by atoms with Gasteiger partial charge in [-0.2, -0.15) is 0 Å². The van der Waals surface area contributed by atoms with Crippen molar-refractivity contribution in [3.8, 4) is 0 Å². The summed E-state index contributed by atoms with van der Waals surface area (Å²) in [5.41, 5.74) is 0. The fourth-order valence-electron chi connectivity index (χ4n) is 1.52. The van der Waals surface area contributed by atoms with Crippen molar-refractivity contribution in [1.29, 1.82) is 0 Å². The first-order valence-electron chi connectivity index (χ1n) is 4.70. The smallest absolute Gasteiger partial charge is 0.0401 e.